The fraction of sp³-hybridized carbons (Fsp3) is 0.667. The summed E-state index contributed by atoms with van der Waals surface area (Å²) in [6, 6.07) is 6.76. The first-order valence-corrected chi connectivity index (χ1v) is 12.9. The Morgan fingerprint density at radius 3 is 2.44 bits per heavy atom. The summed E-state index contributed by atoms with van der Waals surface area (Å²) in [5.74, 6) is -0.168. The van der Waals surface area contributed by atoms with Crippen molar-refractivity contribution in [2.75, 3.05) is 26.3 Å². The van der Waals surface area contributed by atoms with E-state index < -0.39 is 12.0 Å². The Hall–Kier alpha value is -2.57. The molecular weight excluding hydrogens is 432 g/mol. The molecule has 0 aliphatic carbocycles. The third kappa shape index (κ3) is 9.35. The molecule has 2 rings (SSSR count). The molecule has 190 valence electrons. The maximum Gasteiger partial charge on any atom is 0.308 e. The number of para-hydroxylation sites is 1. The first-order valence-electron chi connectivity index (χ1n) is 12.9. The van der Waals surface area contributed by atoms with Gasteiger partial charge in [0.2, 0.25) is 5.91 Å². The number of hydrogen-bond acceptors (Lipinski definition) is 5. The van der Waals surface area contributed by atoms with Gasteiger partial charge in [-0.3, -0.25) is 14.4 Å². The van der Waals surface area contributed by atoms with Gasteiger partial charge in [-0.2, -0.15) is 0 Å². The molecule has 0 radical (unpaired) electrons. The molecule has 2 amide bonds. The Labute approximate surface area is 204 Å². The third-order valence-electron chi connectivity index (χ3n) is 6.16. The lowest BCUT2D eigenvalue weighted by Gasteiger charge is -2.34. The highest BCUT2D eigenvalue weighted by Crippen LogP contribution is 2.26. The van der Waals surface area contributed by atoms with Crippen molar-refractivity contribution in [3.05, 3.63) is 29.8 Å². The van der Waals surface area contributed by atoms with Crippen molar-refractivity contribution in [1.82, 2.24) is 10.2 Å². The van der Waals surface area contributed by atoms with Crippen LogP contribution in [0.4, 0.5) is 0 Å². The van der Waals surface area contributed by atoms with Crippen LogP contribution in [0, 0.1) is 0 Å². The summed E-state index contributed by atoms with van der Waals surface area (Å²) in [7, 11) is 0. The molecule has 1 fully saturated rings. The van der Waals surface area contributed by atoms with Crippen LogP contribution in [0.3, 0.4) is 0 Å². The topological polar surface area (TPSA) is 84.9 Å². The quantitative estimate of drug-likeness (QED) is 0.297. The Kier molecular flexibility index (Phi) is 12.5. The van der Waals surface area contributed by atoms with Crippen LogP contribution in [0.5, 0.6) is 5.75 Å². The van der Waals surface area contributed by atoms with E-state index in [-0.39, 0.29) is 30.8 Å². The summed E-state index contributed by atoms with van der Waals surface area (Å²) in [6.45, 7) is 7.21. The van der Waals surface area contributed by atoms with E-state index in [2.05, 4.69) is 26.1 Å². The summed E-state index contributed by atoms with van der Waals surface area (Å²) >= 11 is 0. The Morgan fingerprint density at radius 2 is 1.74 bits per heavy atom. The highest BCUT2D eigenvalue weighted by molar-refractivity contribution is 5.92. The monoisotopic (exact) mass is 474 g/mol. The Balaban J connectivity index is 1.78. The second-order valence-electron chi connectivity index (χ2n) is 9.27. The Bertz CT molecular complexity index is 780. The molecule has 1 unspecified atom stereocenters. The van der Waals surface area contributed by atoms with Gasteiger partial charge >= 0.3 is 5.97 Å². The molecule has 1 atom stereocenters. The van der Waals surface area contributed by atoms with Gasteiger partial charge in [-0.25, -0.2) is 0 Å². The maximum atomic E-state index is 12.9. The second-order valence-corrected chi connectivity index (χ2v) is 9.27. The molecule has 34 heavy (non-hydrogen) atoms. The van der Waals surface area contributed by atoms with Gasteiger partial charge in [0, 0.05) is 13.1 Å². The van der Waals surface area contributed by atoms with Crippen LogP contribution < -0.4 is 10.1 Å². The molecule has 1 aromatic rings. The van der Waals surface area contributed by atoms with E-state index in [1.54, 1.807) is 0 Å². The average Bonchev–Trinajstić information content (AvgIpc) is 2.82. The number of esters is 1. The molecular formula is C27H42N2O5. The molecule has 0 aromatic heterocycles. The molecule has 7 heteroatoms. The molecule has 0 saturated carbocycles. The van der Waals surface area contributed by atoms with E-state index in [0.717, 1.165) is 24.8 Å². The fourth-order valence-corrected chi connectivity index (χ4v) is 4.17. The smallest absolute Gasteiger partial charge is 0.308 e. The van der Waals surface area contributed by atoms with E-state index in [9.17, 15) is 14.4 Å². The first kappa shape index (κ1) is 27.7. The van der Waals surface area contributed by atoms with Gasteiger partial charge in [0.15, 0.2) is 6.61 Å². The van der Waals surface area contributed by atoms with E-state index in [1.165, 1.54) is 37.0 Å². The van der Waals surface area contributed by atoms with Crippen LogP contribution in [0.2, 0.25) is 0 Å². The van der Waals surface area contributed by atoms with Gasteiger partial charge in [0.1, 0.15) is 11.8 Å². The average molecular weight is 475 g/mol. The van der Waals surface area contributed by atoms with Crippen LogP contribution >= 0.6 is 0 Å². The van der Waals surface area contributed by atoms with E-state index >= 15 is 0 Å². The number of unbranched alkanes of at least 4 members (excludes halogenated alkanes) is 7. The van der Waals surface area contributed by atoms with Crippen molar-refractivity contribution in [2.24, 2.45) is 0 Å². The minimum absolute atomic E-state index is 0.142. The van der Waals surface area contributed by atoms with Crippen LogP contribution in [0.1, 0.15) is 90.0 Å². The van der Waals surface area contributed by atoms with Crippen molar-refractivity contribution in [1.29, 1.82) is 0 Å². The van der Waals surface area contributed by atoms with Crippen molar-refractivity contribution >= 4 is 17.8 Å². The first-order chi connectivity index (χ1) is 16.4. The van der Waals surface area contributed by atoms with E-state index in [4.69, 9.17) is 9.47 Å². The maximum absolute atomic E-state index is 12.9. The fourth-order valence-electron chi connectivity index (χ4n) is 4.17. The van der Waals surface area contributed by atoms with Crippen LogP contribution in [0.25, 0.3) is 0 Å². The van der Waals surface area contributed by atoms with Gasteiger partial charge in [-0.05, 0) is 24.0 Å². The normalized spacial score (nSPS) is 15.8. The summed E-state index contributed by atoms with van der Waals surface area (Å²) in [4.78, 5) is 39.1. The highest BCUT2D eigenvalue weighted by atomic mass is 16.5. The zero-order valence-corrected chi connectivity index (χ0v) is 21.1. The number of ether oxygens (including phenoxy) is 2. The van der Waals surface area contributed by atoms with Crippen molar-refractivity contribution in [2.45, 2.75) is 90.5 Å². The molecule has 1 N–H and O–H groups in total. The number of nitrogens with zero attached hydrogens (tertiary/aromatic N) is 1. The van der Waals surface area contributed by atoms with E-state index in [1.807, 2.05) is 24.3 Å². The van der Waals surface area contributed by atoms with Gasteiger partial charge in [-0.15, -0.1) is 0 Å². The van der Waals surface area contributed by atoms with E-state index in [0.29, 0.717) is 25.4 Å². The third-order valence-corrected chi connectivity index (χ3v) is 6.16. The van der Waals surface area contributed by atoms with Crippen LogP contribution in [-0.4, -0.2) is 55.0 Å². The molecule has 1 heterocycles. The lowest BCUT2D eigenvalue weighted by molar-refractivity contribution is -0.152. The van der Waals surface area contributed by atoms with Crippen LogP contribution in [0.15, 0.2) is 24.3 Å². The number of benzene rings is 1. The second kappa shape index (κ2) is 15.4. The Morgan fingerprint density at radius 1 is 1.06 bits per heavy atom. The van der Waals surface area contributed by atoms with Crippen molar-refractivity contribution in [3.63, 3.8) is 0 Å². The van der Waals surface area contributed by atoms with Gasteiger partial charge in [0.25, 0.3) is 5.91 Å². The summed E-state index contributed by atoms with van der Waals surface area (Å²) in [5, 5.41) is 2.74. The SMILES string of the molecule is CCCCCCCCCCOC(=O)CC1C(=O)NCCN1C(=O)COc1ccccc1C(C)C. The summed E-state index contributed by atoms with van der Waals surface area (Å²) in [6.07, 6.45) is 9.18. The number of piperazine rings is 1. The highest BCUT2D eigenvalue weighted by Gasteiger charge is 2.35. The molecule has 0 spiro atoms. The molecule has 1 aromatic carbocycles. The summed E-state index contributed by atoms with van der Waals surface area (Å²) in [5.41, 5.74) is 1.02. The van der Waals surface area contributed by atoms with Gasteiger partial charge in [0.05, 0.1) is 13.0 Å². The lowest BCUT2D eigenvalue weighted by atomic mass is 10.0. The van der Waals surface area contributed by atoms with Crippen molar-refractivity contribution < 1.29 is 23.9 Å². The largest absolute Gasteiger partial charge is 0.483 e. The van der Waals surface area contributed by atoms with Crippen LogP contribution in [-0.2, 0) is 19.1 Å². The number of nitrogens with one attached hydrogen (secondary N) is 1. The predicted molar refractivity (Wildman–Crippen MR) is 133 cm³/mol. The summed E-state index contributed by atoms with van der Waals surface area (Å²) < 4.78 is 11.1. The van der Waals surface area contributed by atoms with Gasteiger partial charge < -0.3 is 19.7 Å². The molecule has 7 nitrogen and oxygen atoms in total. The zero-order valence-electron chi connectivity index (χ0n) is 21.1. The minimum atomic E-state index is -0.865. The molecule has 1 saturated heterocycles. The standard InChI is InChI=1S/C27H42N2O5/c1-4-5-6-7-8-9-10-13-18-33-26(31)19-23-27(32)28-16-17-29(23)25(30)20-34-24-15-12-11-14-22(24)21(2)3/h11-12,14-15,21,23H,4-10,13,16-20H2,1-3H3,(H,28,32). The number of rotatable bonds is 15. The molecule has 1 aliphatic heterocycles. The number of amides is 2. The molecule has 1 aliphatic rings. The van der Waals surface area contributed by atoms with Gasteiger partial charge in [-0.1, -0.05) is 83.9 Å². The number of hydrogen-bond donors (Lipinski definition) is 1. The molecule has 0 bridgehead atoms. The zero-order chi connectivity index (χ0) is 24.8. The minimum Gasteiger partial charge on any atom is -0.483 e. The predicted octanol–water partition coefficient (Wildman–Crippen LogP) is 4.59. The number of carbonyl (C=O) groups is 3. The number of carbonyl (C=O) groups excluding carboxylic acids is 3. The van der Waals surface area contributed by atoms with Crippen molar-refractivity contribution in [3.8, 4) is 5.75 Å². The lowest BCUT2D eigenvalue weighted by Crippen LogP contribution is -2.58.